The summed E-state index contributed by atoms with van der Waals surface area (Å²) in [5.41, 5.74) is -0.231. The van der Waals surface area contributed by atoms with Crippen LogP contribution in [0.3, 0.4) is 0 Å². The molecular weight excluding hydrogens is 389 g/mol. The number of alkyl halides is 3. The Morgan fingerprint density at radius 3 is 2.43 bits per heavy atom. The summed E-state index contributed by atoms with van der Waals surface area (Å²) in [4.78, 5) is 15.8. The van der Waals surface area contributed by atoms with Crippen LogP contribution in [0.4, 0.5) is 13.2 Å². The summed E-state index contributed by atoms with van der Waals surface area (Å²) in [7, 11) is 0. The van der Waals surface area contributed by atoms with Crippen LogP contribution in [-0.2, 0) is 6.18 Å². The van der Waals surface area contributed by atoms with Gasteiger partial charge in [-0.2, -0.15) is 18.3 Å². The lowest BCUT2D eigenvalue weighted by Crippen LogP contribution is -2.11. The van der Waals surface area contributed by atoms with Gasteiger partial charge in [-0.15, -0.1) is 0 Å². The Hall–Kier alpha value is -3.04. The second-order valence-electron chi connectivity index (χ2n) is 5.98. The Balaban J connectivity index is 2.03. The molecule has 4 rings (SSSR count). The molecule has 5 nitrogen and oxygen atoms in total. The van der Waals surface area contributed by atoms with E-state index in [1.165, 1.54) is 30.5 Å². The number of benzene rings is 2. The Morgan fingerprint density at radius 1 is 1.04 bits per heavy atom. The van der Waals surface area contributed by atoms with Gasteiger partial charge in [0.05, 0.1) is 22.2 Å². The molecule has 4 aromatic rings. The summed E-state index contributed by atoms with van der Waals surface area (Å²) in [6.07, 6.45) is -3.17. The number of aromatic nitrogens is 3. The van der Waals surface area contributed by atoms with E-state index >= 15 is 0 Å². The number of pyridine rings is 1. The Labute approximate surface area is 161 Å². The van der Waals surface area contributed by atoms with Gasteiger partial charge in [-0.3, -0.25) is 9.93 Å². The molecule has 0 saturated heterocycles. The maximum absolute atomic E-state index is 13.5. The van der Waals surface area contributed by atoms with Crippen LogP contribution < -0.4 is 10.7 Å². The van der Waals surface area contributed by atoms with E-state index in [9.17, 15) is 18.0 Å². The number of nitrogens with two attached hydrogens (primary N) is 1. The molecule has 0 fully saturated rings. The van der Waals surface area contributed by atoms with Crippen LogP contribution in [0, 0.1) is 0 Å². The first-order valence-corrected chi connectivity index (χ1v) is 9.02. The number of hydrogen-bond donors (Lipinski definition) is 2. The van der Waals surface area contributed by atoms with Gasteiger partial charge in [0.15, 0.2) is 0 Å². The summed E-state index contributed by atoms with van der Waals surface area (Å²) < 4.78 is 41.7. The first kappa shape index (κ1) is 18.3. The molecule has 0 radical (unpaired) electrons. The third-order valence-electron chi connectivity index (χ3n) is 4.31. The first-order chi connectivity index (χ1) is 13.4. The second kappa shape index (κ2) is 6.84. The monoisotopic (exact) mass is 402 g/mol. The zero-order valence-corrected chi connectivity index (χ0v) is 15.0. The summed E-state index contributed by atoms with van der Waals surface area (Å²) in [6, 6.07) is 13.6. The molecule has 28 heavy (non-hydrogen) atoms. The van der Waals surface area contributed by atoms with Gasteiger partial charge >= 0.3 is 6.18 Å². The first-order valence-electron chi connectivity index (χ1n) is 8.14. The highest BCUT2D eigenvalue weighted by molar-refractivity contribution is 7.97. The number of H-pyrrole nitrogens is 1. The van der Waals surface area contributed by atoms with Crippen molar-refractivity contribution in [3.8, 4) is 16.9 Å². The summed E-state index contributed by atoms with van der Waals surface area (Å²) in [5.74, 6) is 0. The number of para-hydroxylation sites is 1. The van der Waals surface area contributed by atoms with Crippen LogP contribution in [0.15, 0.2) is 70.5 Å². The predicted molar refractivity (Wildman–Crippen MR) is 102 cm³/mol. The van der Waals surface area contributed by atoms with Crippen molar-refractivity contribution in [2.45, 2.75) is 11.1 Å². The lowest BCUT2D eigenvalue weighted by Gasteiger charge is -2.13. The van der Waals surface area contributed by atoms with E-state index in [1.54, 1.807) is 24.3 Å². The van der Waals surface area contributed by atoms with Gasteiger partial charge in [0, 0.05) is 16.7 Å². The van der Waals surface area contributed by atoms with Crippen molar-refractivity contribution in [2.24, 2.45) is 5.14 Å². The second-order valence-corrected chi connectivity index (χ2v) is 6.69. The highest BCUT2D eigenvalue weighted by Gasteiger charge is 2.34. The Bertz CT molecular complexity index is 1210. The van der Waals surface area contributed by atoms with E-state index in [1.807, 2.05) is 0 Å². The smallest absolute Gasteiger partial charge is 0.328 e. The van der Waals surface area contributed by atoms with Crippen LogP contribution in [0.25, 0.3) is 27.8 Å². The van der Waals surface area contributed by atoms with E-state index in [-0.39, 0.29) is 16.6 Å². The minimum atomic E-state index is -4.56. The molecule has 0 aliphatic rings. The number of halogens is 3. The third kappa shape index (κ3) is 3.08. The fraction of sp³-hybridized carbons (Fsp3) is 0.0526. The molecule has 0 atom stereocenters. The van der Waals surface area contributed by atoms with Crippen LogP contribution in [0.2, 0.25) is 0 Å². The quantitative estimate of drug-likeness (QED) is 0.499. The van der Waals surface area contributed by atoms with Gasteiger partial charge in [0.25, 0.3) is 5.56 Å². The number of hydrogen-bond acceptors (Lipinski definition) is 4. The molecule has 0 aliphatic carbocycles. The van der Waals surface area contributed by atoms with Crippen molar-refractivity contribution in [3.63, 3.8) is 0 Å². The lowest BCUT2D eigenvalue weighted by atomic mass is 10.1. The molecule has 0 spiro atoms. The van der Waals surface area contributed by atoms with Gasteiger partial charge in [-0.05, 0) is 42.3 Å². The molecule has 0 bridgehead atoms. The van der Waals surface area contributed by atoms with Crippen molar-refractivity contribution >= 4 is 22.9 Å². The van der Waals surface area contributed by atoms with E-state index in [4.69, 9.17) is 5.14 Å². The topological polar surface area (TPSA) is 76.7 Å². The molecule has 0 unspecified atom stereocenters. The van der Waals surface area contributed by atoms with Gasteiger partial charge in [-0.25, -0.2) is 4.68 Å². The predicted octanol–water partition coefficient (Wildman–Crippen LogP) is 4.37. The summed E-state index contributed by atoms with van der Waals surface area (Å²) in [6.45, 7) is 0. The van der Waals surface area contributed by atoms with Crippen LogP contribution in [0.1, 0.15) is 5.56 Å². The molecule has 0 saturated carbocycles. The molecule has 2 heterocycles. The number of rotatable bonds is 3. The van der Waals surface area contributed by atoms with Crippen LogP contribution in [0.5, 0.6) is 0 Å². The normalized spacial score (nSPS) is 11.9. The number of aromatic amines is 1. The zero-order valence-electron chi connectivity index (χ0n) is 14.2. The Kier molecular flexibility index (Phi) is 4.48. The average Bonchev–Trinajstić information content (AvgIpc) is 3.08. The summed E-state index contributed by atoms with van der Waals surface area (Å²) in [5, 5.41) is 10.1. The van der Waals surface area contributed by atoms with Crippen molar-refractivity contribution < 1.29 is 13.2 Å². The molecular formula is C19H13F3N4OS. The fourth-order valence-corrected chi connectivity index (χ4v) is 3.35. The van der Waals surface area contributed by atoms with E-state index in [2.05, 4.69) is 10.1 Å². The molecule has 2 aromatic carbocycles. The van der Waals surface area contributed by atoms with Crippen LogP contribution >= 0.6 is 11.9 Å². The van der Waals surface area contributed by atoms with Gasteiger partial charge in [0.1, 0.15) is 5.69 Å². The molecule has 3 N–H and O–H groups in total. The highest BCUT2D eigenvalue weighted by atomic mass is 32.2. The van der Waals surface area contributed by atoms with Gasteiger partial charge < -0.3 is 4.98 Å². The fourth-order valence-electron chi connectivity index (χ4n) is 3.05. The maximum atomic E-state index is 13.5. The van der Waals surface area contributed by atoms with E-state index < -0.39 is 17.3 Å². The van der Waals surface area contributed by atoms with Gasteiger partial charge in [0.2, 0.25) is 0 Å². The molecule has 0 amide bonds. The standard InChI is InChI=1S/C19H13F3N4OS/c20-19(21,22)13-3-1-2-4-14(13)26-15-9-10-24-18(27)16(15)17(25-26)11-5-7-12(28-23)8-6-11/h1-10H,23H2,(H,24,27). The maximum Gasteiger partial charge on any atom is 0.418 e. The van der Waals surface area contributed by atoms with Gasteiger partial charge in [-0.1, -0.05) is 24.3 Å². The highest BCUT2D eigenvalue weighted by Crippen LogP contribution is 2.36. The third-order valence-corrected chi connectivity index (χ3v) is 4.85. The lowest BCUT2D eigenvalue weighted by molar-refractivity contribution is -0.137. The van der Waals surface area contributed by atoms with Crippen molar-refractivity contribution in [3.05, 3.63) is 76.7 Å². The number of nitrogens with one attached hydrogen (secondary N) is 1. The minimum absolute atomic E-state index is 0.147. The Morgan fingerprint density at radius 2 is 1.75 bits per heavy atom. The van der Waals surface area contributed by atoms with E-state index in [0.29, 0.717) is 11.3 Å². The zero-order chi connectivity index (χ0) is 19.9. The van der Waals surface area contributed by atoms with E-state index in [0.717, 1.165) is 27.6 Å². The number of nitrogens with zero attached hydrogens (tertiary/aromatic N) is 2. The van der Waals surface area contributed by atoms with Crippen LogP contribution in [-0.4, -0.2) is 14.8 Å². The summed E-state index contributed by atoms with van der Waals surface area (Å²) >= 11 is 1.07. The minimum Gasteiger partial charge on any atom is -0.328 e. The average molecular weight is 402 g/mol. The molecule has 9 heteroatoms. The largest absolute Gasteiger partial charge is 0.418 e. The number of fused-ring (bicyclic) bond motifs is 1. The van der Waals surface area contributed by atoms with Crippen molar-refractivity contribution in [1.82, 2.24) is 14.8 Å². The molecule has 0 aliphatic heterocycles. The molecule has 142 valence electrons. The molecule has 2 aromatic heterocycles. The SMILES string of the molecule is NSc1ccc(-c2nn(-c3ccccc3C(F)(F)F)c3cc[nH]c(=O)c23)cc1. The van der Waals surface area contributed by atoms with Crippen molar-refractivity contribution in [1.29, 1.82) is 0 Å². The van der Waals surface area contributed by atoms with Crippen molar-refractivity contribution in [2.75, 3.05) is 0 Å².